The molecule has 0 spiro atoms. The van der Waals surface area contributed by atoms with Crippen LogP contribution in [0.1, 0.15) is 24.8 Å². The SMILES string of the molecule is O=S(=O)(CCCCl)Nc1ccc(CN2CCCC2)cc1. The van der Waals surface area contributed by atoms with Gasteiger partial charge in [-0.15, -0.1) is 11.6 Å². The van der Waals surface area contributed by atoms with Gasteiger partial charge >= 0.3 is 0 Å². The zero-order valence-electron chi connectivity index (χ0n) is 11.5. The Morgan fingerprint density at radius 3 is 2.40 bits per heavy atom. The summed E-state index contributed by atoms with van der Waals surface area (Å²) < 4.78 is 26.1. The van der Waals surface area contributed by atoms with Crippen molar-refractivity contribution >= 4 is 27.3 Å². The second-order valence-corrected chi connectivity index (χ2v) is 7.36. The highest BCUT2D eigenvalue weighted by atomic mass is 35.5. The number of hydrogen-bond donors (Lipinski definition) is 1. The number of halogens is 1. The van der Waals surface area contributed by atoms with Crippen molar-refractivity contribution in [3.8, 4) is 0 Å². The lowest BCUT2D eigenvalue weighted by Gasteiger charge is -2.15. The third kappa shape index (κ3) is 4.96. The number of nitrogens with zero attached hydrogens (tertiary/aromatic N) is 1. The number of rotatable bonds is 7. The molecule has 1 saturated heterocycles. The first kappa shape index (κ1) is 15.6. The van der Waals surface area contributed by atoms with E-state index in [2.05, 4.69) is 9.62 Å². The molecule has 0 amide bonds. The average Bonchev–Trinajstić information content (AvgIpc) is 2.91. The van der Waals surface area contributed by atoms with Crippen LogP contribution in [0.5, 0.6) is 0 Å². The molecule has 1 N–H and O–H groups in total. The van der Waals surface area contributed by atoms with E-state index in [1.165, 1.54) is 18.4 Å². The third-order valence-electron chi connectivity index (χ3n) is 3.38. The molecule has 1 aromatic rings. The number of benzene rings is 1. The minimum Gasteiger partial charge on any atom is -0.299 e. The monoisotopic (exact) mass is 316 g/mol. The zero-order chi connectivity index (χ0) is 14.4. The van der Waals surface area contributed by atoms with Crippen LogP contribution in [0.3, 0.4) is 0 Å². The summed E-state index contributed by atoms with van der Waals surface area (Å²) in [6.45, 7) is 3.26. The van der Waals surface area contributed by atoms with E-state index in [1.807, 2.05) is 24.3 Å². The standard InChI is InChI=1S/C14H21ClN2O2S/c15-8-3-11-20(18,19)16-14-6-4-13(5-7-14)12-17-9-1-2-10-17/h4-7,16H,1-3,8-12H2. The maximum absolute atomic E-state index is 11.7. The maximum Gasteiger partial charge on any atom is 0.232 e. The van der Waals surface area contributed by atoms with Crippen LogP contribution in [-0.2, 0) is 16.6 Å². The zero-order valence-corrected chi connectivity index (χ0v) is 13.1. The number of likely N-dealkylation sites (tertiary alicyclic amines) is 1. The highest BCUT2D eigenvalue weighted by Gasteiger charge is 2.12. The van der Waals surface area contributed by atoms with Crippen molar-refractivity contribution in [2.24, 2.45) is 0 Å². The fourth-order valence-corrected chi connectivity index (χ4v) is 3.77. The highest BCUT2D eigenvalue weighted by Crippen LogP contribution is 2.16. The van der Waals surface area contributed by atoms with Crippen LogP contribution in [0.2, 0.25) is 0 Å². The van der Waals surface area contributed by atoms with Gasteiger partial charge in [0.1, 0.15) is 0 Å². The smallest absolute Gasteiger partial charge is 0.232 e. The summed E-state index contributed by atoms with van der Waals surface area (Å²) in [7, 11) is -3.28. The van der Waals surface area contributed by atoms with E-state index in [-0.39, 0.29) is 5.75 Å². The van der Waals surface area contributed by atoms with E-state index in [0.29, 0.717) is 18.0 Å². The summed E-state index contributed by atoms with van der Waals surface area (Å²) in [5.74, 6) is 0.418. The van der Waals surface area contributed by atoms with Crippen LogP contribution in [0, 0.1) is 0 Å². The normalized spacial score (nSPS) is 16.4. The summed E-state index contributed by atoms with van der Waals surface area (Å²) in [6.07, 6.45) is 3.01. The van der Waals surface area contributed by atoms with Crippen LogP contribution >= 0.6 is 11.6 Å². The molecule has 0 atom stereocenters. The molecule has 1 aromatic carbocycles. The van der Waals surface area contributed by atoms with E-state index in [0.717, 1.165) is 19.6 Å². The molecule has 0 saturated carbocycles. The minimum absolute atomic E-state index is 0.0615. The molecule has 20 heavy (non-hydrogen) atoms. The average molecular weight is 317 g/mol. The second-order valence-electron chi connectivity index (χ2n) is 5.14. The number of anilines is 1. The molecule has 0 aliphatic carbocycles. The van der Waals surface area contributed by atoms with Gasteiger partial charge in [-0.3, -0.25) is 9.62 Å². The fourth-order valence-electron chi connectivity index (χ4n) is 2.35. The van der Waals surface area contributed by atoms with Gasteiger partial charge in [0.15, 0.2) is 0 Å². The Hall–Kier alpha value is -0.780. The minimum atomic E-state index is -3.28. The van der Waals surface area contributed by atoms with Crippen molar-refractivity contribution in [3.05, 3.63) is 29.8 Å². The van der Waals surface area contributed by atoms with Crippen molar-refractivity contribution in [2.75, 3.05) is 29.4 Å². The van der Waals surface area contributed by atoms with E-state index in [1.54, 1.807) is 0 Å². The van der Waals surface area contributed by atoms with Crippen LogP contribution in [0.4, 0.5) is 5.69 Å². The molecule has 1 aliphatic rings. The molecule has 0 unspecified atom stereocenters. The van der Waals surface area contributed by atoms with Gasteiger partial charge in [0, 0.05) is 18.1 Å². The Morgan fingerprint density at radius 2 is 1.80 bits per heavy atom. The number of nitrogens with one attached hydrogen (secondary N) is 1. The Bertz CT molecular complexity index is 510. The van der Waals surface area contributed by atoms with Crippen LogP contribution in [0.15, 0.2) is 24.3 Å². The Balaban J connectivity index is 1.90. The molecule has 1 fully saturated rings. The lowest BCUT2D eigenvalue weighted by molar-refractivity contribution is 0.331. The summed E-state index contributed by atoms with van der Waals surface area (Å²) >= 11 is 5.52. The van der Waals surface area contributed by atoms with Gasteiger partial charge in [-0.1, -0.05) is 12.1 Å². The molecule has 112 valence electrons. The number of hydrogen-bond acceptors (Lipinski definition) is 3. The molecule has 6 heteroatoms. The van der Waals surface area contributed by atoms with Gasteiger partial charge in [-0.05, 0) is 50.0 Å². The predicted molar refractivity (Wildman–Crippen MR) is 83.7 cm³/mol. The first-order valence-electron chi connectivity index (χ1n) is 6.97. The molecule has 0 radical (unpaired) electrons. The van der Waals surface area contributed by atoms with Gasteiger partial charge in [0.05, 0.1) is 5.75 Å². The van der Waals surface area contributed by atoms with E-state index in [9.17, 15) is 8.42 Å². The molecule has 1 heterocycles. The van der Waals surface area contributed by atoms with E-state index < -0.39 is 10.0 Å². The molecule has 4 nitrogen and oxygen atoms in total. The van der Waals surface area contributed by atoms with E-state index in [4.69, 9.17) is 11.6 Å². The summed E-state index contributed by atoms with van der Waals surface area (Å²) in [5.41, 5.74) is 1.83. The quantitative estimate of drug-likeness (QED) is 0.787. The molecular formula is C14H21ClN2O2S. The largest absolute Gasteiger partial charge is 0.299 e. The third-order valence-corrected chi connectivity index (χ3v) is 5.02. The van der Waals surface area contributed by atoms with Crippen molar-refractivity contribution in [1.82, 2.24) is 4.90 Å². The van der Waals surface area contributed by atoms with Crippen molar-refractivity contribution in [3.63, 3.8) is 0 Å². The van der Waals surface area contributed by atoms with Crippen LogP contribution in [-0.4, -0.2) is 38.0 Å². The van der Waals surface area contributed by atoms with Gasteiger partial charge < -0.3 is 0 Å². The first-order valence-corrected chi connectivity index (χ1v) is 9.15. The number of alkyl halides is 1. The second kappa shape index (κ2) is 7.29. The Morgan fingerprint density at radius 1 is 1.15 bits per heavy atom. The maximum atomic E-state index is 11.7. The first-order chi connectivity index (χ1) is 9.59. The van der Waals surface area contributed by atoms with E-state index >= 15 is 0 Å². The predicted octanol–water partition coefficient (Wildman–Crippen LogP) is 2.65. The van der Waals surface area contributed by atoms with Crippen LogP contribution < -0.4 is 4.72 Å². The van der Waals surface area contributed by atoms with Gasteiger partial charge in [0.2, 0.25) is 10.0 Å². The molecule has 2 rings (SSSR count). The Kier molecular flexibility index (Phi) is 5.69. The lowest BCUT2D eigenvalue weighted by atomic mass is 10.2. The fraction of sp³-hybridized carbons (Fsp3) is 0.571. The summed E-state index contributed by atoms with van der Waals surface area (Å²) in [4.78, 5) is 2.42. The lowest BCUT2D eigenvalue weighted by Crippen LogP contribution is -2.19. The summed E-state index contributed by atoms with van der Waals surface area (Å²) in [5, 5.41) is 0. The molecule has 0 aromatic heterocycles. The molecular weight excluding hydrogens is 296 g/mol. The topological polar surface area (TPSA) is 49.4 Å². The van der Waals surface area contributed by atoms with Crippen LogP contribution in [0.25, 0.3) is 0 Å². The van der Waals surface area contributed by atoms with Crippen molar-refractivity contribution in [1.29, 1.82) is 0 Å². The molecule has 1 aliphatic heterocycles. The summed E-state index contributed by atoms with van der Waals surface area (Å²) in [6, 6.07) is 7.61. The van der Waals surface area contributed by atoms with Gasteiger partial charge in [0.25, 0.3) is 0 Å². The van der Waals surface area contributed by atoms with Gasteiger partial charge in [-0.2, -0.15) is 0 Å². The Labute approximate surface area is 126 Å². The molecule has 0 bridgehead atoms. The van der Waals surface area contributed by atoms with Crippen molar-refractivity contribution < 1.29 is 8.42 Å². The van der Waals surface area contributed by atoms with Crippen molar-refractivity contribution in [2.45, 2.75) is 25.8 Å². The number of sulfonamides is 1. The highest BCUT2D eigenvalue weighted by molar-refractivity contribution is 7.92. The van der Waals surface area contributed by atoms with Gasteiger partial charge in [-0.25, -0.2) is 8.42 Å².